The van der Waals surface area contributed by atoms with Crippen molar-refractivity contribution in [2.24, 2.45) is 5.73 Å². The molecular formula is C11H16BrNO2. The Labute approximate surface area is 98.7 Å². The molecule has 0 aliphatic rings. The third kappa shape index (κ3) is 4.75. The van der Waals surface area contributed by atoms with Gasteiger partial charge >= 0.3 is 0 Å². The van der Waals surface area contributed by atoms with E-state index in [2.05, 4.69) is 15.9 Å². The highest BCUT2D eigenvalue weighted by atomic mass is 79.9. The van der Waals surface area contributed by atoms with Crippen LogP contribution < -0.4 is 5.73 Å². The van der Waals surface area contributed by atoms with Crippen LogP contribution in [-0.4, -0.2) is 26.4 Å². The zero-order valence-electron chi connectivity index (χ0n) is 8.78. The predicted octanol–water partition coefficient (Wildman–Crippen LogP) is 1.94. The van der Waals surface area contributed by atoms with Crippen LogP contribution >= 0.6 is 15.9 Å². The number of benzene rings is 1. The van der Waals surface area contributed by atoms with Crippen molar-refractivity contribution in [3.63, 3.8) is 0 Å². The van der Waals surface area contributed by atoms with Gasteiger partial charge in [-0.3, -0.25) is 0 Å². The van der Waals surface area contributed by atoms with Crippen molar-refractivity contribution in [3.05, 3.63) is 34.3 Å². The van der Waals surface area contributed by atoms with Crippen LogP contribution in [0.4, 0.5) is 0 Å². The van der Waals surface area contributed by atoms with E-state index in [1.54, 1.807) is 7.11 Å². The van der Waals surface area contributed by atoms with Crippen LogP contribution in [0.15, 0.2) is 28.7 Å². The molecule has 0 heterocycles. The van der Waals surface area contributed by atoms with Crippen molar-refractivity contribution in [1.29, 1.82) is 0 Å². The Bertz CT molecular complexity index is 276. The fourth-order valence-electron chi connectivity index (χ4n) is 1.16. The minimum atomic E-state index is -0.0290. The molecule has 1 rings (SSSR count). The second kappa shape index (κ2) is 6.95. The Morgan fingerprint density at radius 2 is 2.00 bits per heavy atom. The topological polar surface area (TPSA) is 44.5 Å². The zero-order valence-corrected chi connectivity index (χ0v) is 10.4. The van der Waals surface area contributed by atoms with Crippen molar-refractivity contribution in [3.8, 4) is 0 Å². The first-order valence-corrected chi connectivity index (χ1v) is 5.60. The van der Waals surface area contributed by atoms with Gasteiger partial charge in [0.2, 0.25) is 0 Å². The van der Waals surface area contributed by atoms with E-state index in [0.29, 0.717) is 19.8 Å². The second-order valence-corrected chi connectivity index (χ2v) is 4.17. The zero-order chi connectivity index (χ0) is 11.1. The van der Waals surface area contributed by atoms with Crippen molar-refractivity contribution in [2.45, 2.75) is 12.7 Å². The van der Waals surface area contributed by atoms with Gasteiger partial charge in [0, 0.05) is 18.1 Å². The number of hydrogen-bond donors (Lipinski definition) is 1. The molecule has 4 heteroatoms. The van der Waals surface area contributed by atoms with Gasteiger partial charge in [-0.05, 0) is 17.7 Å². The van der Waals surface area contributed by atoms with Gasteiger partial charge in [-0.15, -0.1) is 0 Å². The molecule has 0 aliphatic heterocycles. The molecule has 15 heavy (non-hydrogen) atoms. The van der Waals surface area contributed by atoms with Gasteiger partial charge < -0.3 is 15.2 Å². The maximum atomic E-state index is 5.59. The highest BCUT2D eigenvalue weighted by Gasteiger charge is 2.06. The molecule has 0 spiro atoms. The molecule has 0 saturated carbocycles. The lowest BCUT2D eigenvalue weighted by Gasteiger charge is -2.14. The average molecular weight is 274 g/mol. The first-order chi connectivity index (χ1) is 7.26. The molecule has 0 saturated heterocycles. The first-order valence-electron chi connectivity index (χ1n) is 4.81. The SMILES string of the molecule is COCC(CN)OCc1ccc(Br)cc1. The highest BCUT2D eigenvalue weighted by molar-refractivity contribution is 9.10. The largest absolute Gasteiger partial charge is 0.382 e. The van der Waals surface area contributed by atoms with Gasteiger partial charge in [-0.2, -0.15) is 0 Å². The summed E-state index contributed by atoms with van der Waals surface area (Å²) in [5, 5.41) is 0. The minimum absolute atomic E-state index is 0.0290. The monoisotopic (exact) mass is 273 g/mol. The van der Waals surface area contributed by atoms with Gasteiger partial charge in [0.15, 0.2) is 0 Å². The lowest BCUT2D eigenvalue weighted by atomic mass is 10.2. The summed E-state index contributed by atoms with van der Waals surface area (Å²) < 4.78 is 11.7. The summed E-state index contributed by atoms with van der Waals surface area (Å²) in [5.41, 5.74) is 6.67. The predicted molar refractivity (Wildman–Crippen MR) is 63.6 cm³/mol. The van der Waals surface area contributed by atoms with Crippen LogP contribution in [0.5, 0.6) is 0 Å². The molecule has 3 nitrogen and oxygen atoms in total. The van der Waals surface area contributed by atoms with Crippen molar-refractivity contribution in [1.82, 2.24) is 0 Å². The summed E-state index contributed by atoms with van der Waals surface area (Å²) >= 11 is 3.38. The summed E-state index contributed by atoms with van der Waals surface area (Å²) in [5.74, 6) is 0. The Morgan fingerprint density at radius 1 is 1.33 bits per heavy atom. The van der Waals surface area contributed by atoms with E-state index in [9.17, 15) is 0 Å². The molecule has 0 aliphatic carbocycles. The molecule has 1 aromatic carbocycles. The summed E-state index contributed by atoms with van der Waals surface area (Å²) in [4.78, 5) is 0. The number of methoxy groups -OCH3 is 1. The first kappa shape index (κ1) is 12.6. The summed E-state index contributed by atoms with van der Waals surface area (Å²) in [7, 11) is 1.64. The summed E-state index contributed by atoms with van der Waals surface area (Å²) in [6.45, 7) is 1.58. The van der Waals surface area contributed by atoms with Crippen LogP contribution in [0.1, 0.15) is 5.56 Å². The number of hydrogen-bond acceptors (Lipinski definition) is 3. The number of halogens is 1. The molecule has 1 atom stereocenters. The van der Waals surface area contributed by atoms with E-state index in [4.69, 9.17) is 15.2 Å². The van der Waals surface area contributed by atoms with Gasteiger partial charge in [0.1, 0.15) is 0 Å². The summed E-state index contributed by atoms with van der Waals surface area (Å²) in [6.07, 6.45) is -0.0290. The maximum Gasteiger partial charge on any atom is 0.0934 e. The molecule has 2 N–H and O–H groups in total. The van der Waals surface area contributed by atoms with Gasteiger partial charge in [0.05, 0.1) is 19.3 Å². The molecule has 0 aromatic heterocycles. The highest BCUT2D eigenvalue weighted by Crippen LogP contribution is 2.11. The Hall–Kier alpha value is -0.420. The quantitative estimate of drug-likeness (QED) is 0.862. The normalized spacial score (nSPS) is 12.7. The Morgan fingerprint density at radius 3 is 2.53 bits per heavy atom. The van der Waals surface area contributed by atoms with E-state index < -0.39 is 0 Å². The lowest BCUT2D eigenvalue weighted by molar-refractivity contribution is -0.00563. The van der Waals surface area contributed by atoms with Gasteiger partial charge in [-0.25, -0.2) is 0 Å². The van der Waals surface area contributed by atoms with E-state index >= 15 is 0 Å². The van der Waals surface area contributed by atoms with Crippen molar-refractivity contribution in [2.75, 3.05) is 20.3 Å². The number of ether oxygens (including phenoxy) is 2. The molecular weight excluding hydrogens is 258 g/mol. The van der Waals surface area contributed by atoms with E-state index in [0.717, 1.165) is 10.0 Å². The maximum absolute atomic E-state index is 5.59. The number of rotatable bonds is 6. The van der Waals surface area contributed by atoms with Gasteiger partial charge in [-0.1, -0.05) is 28.1 Å². The third-order valence-corrected chi connectivity index (χ3v) is 2.54. The molecule has 84 valence electrons. The molecule has 1 aromatic rings. The molecule has 0 bridgehead atoms. The molecule has 0 radical (unpaired) electrons. The van der Waals surface area contributed by atoms with Crippen LogP contribution in [0, 0.1) is 0 Å². The Kier molecular flexibility index (Phi) is 5.86. The second-order valence-electron chi connectivity index (χ2n) is 3.25. The lowest BCUT2D eigenvalue weighted by Crippen LogP contribution is -2.28. The van der Waals surface area contributed by atoms with E-state index in [1.165, 1.54) is 0 Å². The molecule has 1 unspecified atom stereocenters. The summed E-state index contributed by atoms with van der Waals surface area (Å²) in [6, 6.07) is 8.02. The van der Waals surface area contributed by atoms with E-state index in [-0.39, 0.29) is 6.10 Å². The standard InChI is InChI=1S/C11H16BrNO2/c1-14-8-11(6-13)15-7-9-2-4-10(12)5-3-9/h2-5,11H,6-8,13H2,1H3. The smallest absolute Gasteiger partial charge is 0.0934 e. The minimum Gasteiger partial charge on any atom is -0.382 e. The van der Waals surface area contributed by atoms with Crippen LogP contribution in [0.3, 0.4) is 0 Å². The third-order valence-electron chi connectivity index (χ3n) is 2.01. The number of nitrogens with two attached hydrogens (primary N) is 1. The molecule has 0 fully saturated rings. The fourth-order valence-corrected chi connectivity index (χ4v) is 1.43. The van der Waals surface area contributed by atoms with Crippen LogP contribution in [0.2, 0.25) is 0 Å². The van der Waals surface area contributed by atoms with Crippen molar-refractivity contribution >= 4 is 15.9 Å². The van der Waals surface area contributed by atoms with Crippen LogP contribution in [-0.2, 0) is 16.1 Å². The fraction of sp³-hybridized carbons (Fsp3) is 0.455. The van der Waals surface area contributed by atoms with Crippen molar-refractivity contribution < 1.29 is 9.47 Å². The van der Waals surface area contributed by atoms with Gasteiger partial charge in [0.25, 0.3) is 0 Å². The average Bonchev–Trinajstić information content (AvgIpc) is 2.26. The van der Waals surface area contributed by atoms with Crippen LogP contribution in [0.25, 0.3) is 0 Å². The molecule has 0 amide bonds. The van der Waals surface area contributed by atoms with E-state index in [1.807, 2.05) is 24.3 Å². The Balaban J connectivity index is 2.38.